The molecule has 2 bridgehead atoms. The molecule has 2 fully saturated rings. The van der Waals surface area contributed by atoms with Gasteiger partial charge in [-0.05, 0) is 67.0 Å². The predicted molar refractivity (Wildman–Crippen MR) is 138 cm³/mol. The average molecular weight is 546 g/mol. The highest BCUT2D eigenvalue weighted by Gasteiger charge is 2.54. The van der Waals surface area contributed by atoms with Crippen molar-refractivity contribution >= 4 is 31.2 Å². The first-order valence-corrected chi connectivity index (χ1v) is 15.7. The third kappa shape index (κ3) is 4.42. The van der Waals surface area contributed by atoms with E-state index in [9.17, 15) is 26.3 Å². The monoisotopic (exact) mass is 545 g/mol. The third-order valence-corrected chi connectivity index (χ3v) is 10.1. The van der Waals surface area contributed by atoms with E-state index in [1.54, 1.807) is 12.1 Å². The highest BCUT2D eigenvalue weighted by atomic mass is 32.2. The van der Waals surface area contributed by atoms with Gasteiger partial charge >= 0.3 is 0 Å². The lowest BCUT2D eigenvalue weighted by atomic mass is 9.78. The minimum absolute atomic E-state index is 0.0400. The summed E-state index contributed by atoms with van der Waals surface area (Å²) in [6.45, 7) is 0.920. The maximum atomic E-state index is 13.5. The Hall–Kier alpha value is -2.89. The van der Waals surface area contributed by atoms with E-state index in [2.05, 4.69) is 14.9 Å². The molecule has 4 atom stereocenters. The van der Waals surface area contributed by atoms with E-state index >= 15 is 0 Å². The van der Waals surface area contributed by atoms with Crippen LogP contribution in [0.25, 0.3) is 0 Å². The Morgan fingerprint density at radius 3 is 2.59 bits per heavy atom. The number of nitrogens with one attached hydrogen (secondary N) is 2. The number of sulfone groups is 1. The number of sulfonamides is 1. The number of benzene rings is 2. The number of hydrogen-bond acceptors (Lipinski definition) is 7. The fraction of sp³-hybridized carbons (Fsp3) is 0.385. The van der Waals surface area contributed by atoms with Gasteiger partial charge in [-0.3, -0.25) is 9.62 Å². The van der Waals surface area contributed by atoms with Crippen LogP contribution in [0.15, 0.2) is 69.8 Å². The molecule has 2 aromatic carbocycles. The first-order chi connectivity index (χ1) is 17.5. The van der Waals surface area contributed by atoms with Crippen LogP contribution in [0.1, 0.15) is 24.8 Å². The van der Waals surface area contributed by atoms with Gasteiger partial charge < -0.3 is 10.4 Å². The fourth-order valence-corrected chi connectivity index (χ4v) is 8.56. The molecule has 196 valence electrons. The lowest BCUT2D eigenvalue weighted by Gasteiger charge is -2.44. The van der Waals surface area contributed by atoms with Gasteiger partial charge in [-0.25, -0.2) is 21.2 Å². The van der Waals surface area contributed by atoms with Crippen LogP contribution in [-0.4, -0.2) is 45.7 Å². The van der Waals surface area contributed by atoms with E-state index in [-0.39, 0.29) is 34.1 Å². The van der Waals surface area contributed by atoms with E-state index in [1.807, 2.05) is 0 Å². The molecular weight excluding hydrogens is 517 g/mol. The minimum Gasteiger partial charge on any atom is -0.512 e. The van der Waals surface area contributed by atoms with Gasteiger partial charge in [-0.2, -0.15) is 0 Å². The van der Waals surface area contributed by atoms with Crippen LogP contribution in [0.4, 0.5) is 15.8 Å². The average Bonchev–Trinajstić information content (AvgIpc) is 3.44. The zero-order valence-corrected chi connectivity index (χ0v) is 21.8. The van der Waals surface area contributed by atoms with Crippen molar-refractivity contribution in [3.05, 3.63) is 76.3 Å². The Morgan fingerprint density at radius 1 is 1.14 bits per heavy atom. The van der Waals surface area contributed by atoms with Crippen LogP contribution in [0.5, 0.6) is 0 Å². The van der Waals surface area contributed by atoms with E-state index in [0.29, 0.717) is 41.9 Å². The summed E-state index contributed by atoms with van der Waals surface area (Å²) in [5.41, 5.74) is 2.29. The van der Waals surface area contributed by atoms with Gasteiger partial charge in [0.2, 0.25) is 19.9 Å². The number of halogens is 1. The zero-order valence-electron chi connectivity index (χ0n) is 20.2. The molecule has 6 rings (SSSR count). The van der Waals surface area contributed by atoms with Crippen molar-refractivity contribution in [1.82, 2.24) is 4.90 Å². The first-order valence-electron chi connectivity index (χ1n) is 12.2. The van der Waals surface area contributed by atoms with Crippen molar-refractivity contribution in [3.63, 3.8) is 0 Å². The molecule has 0 spiro atoms. The van der Waals surface area contributed by atoms with Crippen LogP contribution in [0.2, 0.25) is 0 Å². The smallest absolute Gasteiger partial charge is 0.229 e. The number of hydrogen-bond donors (Lipinski definition) is 3. The van der Waals surface area contributed by atoms with Crippen molar-refractivity contribution in [2.75, 3.05) is 22.8 Å². The molecule has 0 radical (unpaired) electrons. The highest BCUT2D eigenvalue weighted by molar-refractivity contribution is 7.94. The second-order valence-corrected chi connectivity index (χ2v) is 14.0. The van der Waals surface area contributed by atoms with Crippen molar-refractivity contribution < 1.29 is 26.3 Å². The highest BCUT2D eigenvalue weighted by Crippen LogP contribution is 2.55. The lowest BCUT2D eigenvalue weighted by Crippen LogP contribution is -2.49. The number of nitrogens with zero attached hydrogens (tertiary/aromatic N) is 1. The summed E-state index contributed by atoms with van der Waals surface area (Å²) in [7, 11) is -7.49. The van der Waals surface area contributed by atoms with Crippen molar-refractivity contribution in [2.45, 2.75) is 36.7 Å². The van der Waals surface area contributed by atoms with E-state index in [4.69, 9.17) is 0 Å². The maximum Gasteiger partial charge on any atom is 0.229 e. The molecule has 3 N–H and O–H groups in total. The molecule has 2 saturated carbocycles. The second-order valence-electron chi connectivity index (χ2n) is 10.5. The number of fused-ring (bicyclic) bond motifs is 6. The molecule has 2 unspecified atom stereocenters. The summed E-state index contributed by atoms with van der Waals surface area (Å²) in [6.07, 6.45) is 4.19. The molecule has 8 nitrogen and oxygen atoms in total. The maximum absolute atomic E-state index is 13.5. The summed E-state index contributed by atoms with van der Waals surface area (Å²) in [6, 6.07) is 10.9. The van der Waals surface area contributed by atoms with Crippen LogP contribution in [-0.2, 0) is 26.4 Å². The Kier molecular flexibility index (Phi) is 5.66. The fourth-order valence-electron chi connectivity index (χ4n) is 6.65. The second kappa shape index (κ2) is 8.57. The van der Waals surface area contributed by atoms with Crippen molar-refractivity contribution in [3.8, 4) is 0 Å². The van der Waals surface area contributed by atoms with E-state index in [1.165, 1.54) is 30.3 Å². The standard InChI is InChI=1S/C26H28FN3O5S2/c1-36(32,33)29-19-8-9-21-23(11-19)37(34,35)14-22(28-21)20-13-30(12-15-2-6-18(27)7-3-15)25-17-5-4-16(10-17)24(25)26(20)31/h2-3,6-9,11,14,16-17,24-25,28-29,31H,4-5,10,12-13H2,1H3/t16-,17+,24?,25?/m0/s1. The van der Waals surface area contributed by atoms with Gasteiger partial charge in [0.15, 0.2) is 0 Å². The predicted octanol–water partition coefficient (Wildman–Crippen LogP) is 3.98. The van der Waals surface area contributed by atoms with E-state index in [0.717, 1.165) is 36.5 Å². The van der Waals surface area contributed by atoms with Crippen molar-refractivity contribution in [1.29, 1.82) is 0 Å². The molecule has 37 heavy (non-hydrogen) atoms. The summed E-state index contributed by atoms with van der Waals surface area (Å²) in [5.74, 6) is 0.696. The molecular formula is C26H28FN3O5S2. The largest absolute Gasteiger partial charge is 0.512 e. The number of aliphatic hydroxyl groups is 1. The van der Waals surface area contributed by atoms with Crippen molar-refractivity contribution in [2.24, 2.45) is 17.8 Å². The molecule has 2 heterocycles. The van der Waals surface area contributed by atoms with Crippen LogP contribution >= 0.6 is 0 Å². The molecule has 0 saturated heterocycles. The Balaban J connectivity index is 1.37. The Labute approximate surface area is 215 Å². The van der Waals surface area contributed by atoms with Gasteiger partial charge in [0.25, 0.3) is 0 Å². The molecule has 2 aliphatic carbocycles. The van der Waals surface area contributed by atoms with Gasteiger partial charge in [-0.1, -0.05) is 12.1 Å². The minimum atomic E-state index is -3.92. The summed E-state index contributed by atoms with van der Waals surface area (Å²) < 4.78 is 65.5. The van der Waals surface area contributed by atoms with Gasteiger partial charge in [0.05, 0.1) is 27.9 Å². The normalized spacial score (nSPS) is 28.3. The first kappa shape index (κ1) is 24.4. The summed E-state index contributed by atoms with van der Waals surface area (Å²) >= 11 is 0. The molecule has 2 aromatic rings. The Morgan fingerprint density at radius 2 is 1.86 bits per heavy atom. The van der Waals surface area contributed by atoms with Gasteiger partial charge in [-0.15, -0.1) is 0 Å². The molecule has 2 aliphatic heterocycles. The molecule has 4 aliphatic rings. The van der Waals surface area contributed by atoms with E-state index < -0.39 is 19.9 Å². The molecule has 0 amide bonds. The van der Waals surface area contributed by atoms with Crippen LogP contribution < -0.4 is 10.0 Å². The van der Waals surface area contributed by atoms with Gasteiger partial charge in [0, 0.05) is 36.3 Å². The van der Waals surface area contributed by atoms with Gasteiger partial charge in [0.1, 0.15) is 11.6 Å². The number of rotatable bonds is 5. The summed E-state index contributed by atoms with van der Waals surface area (Å²) in [4.78, 5) is 2.25. The zero-order chi connectivity index (χ0) is 26.1. The Bertz CT molecular complexity index is 1550. The topological polar surface area (TPSA) is 116 Å². The van der Waals surface area contributed by atoms with Crippen LogP contribution in [0, 0.1) is 23.6 Å². The van der Waals surface area contributed by atoms with Crippen LogP contribution in [0.3, 0.4) is 0 Å². The number of aliphatic hydroxyl groups excluding tert-OH is 1. The molecule has 11 heteroatoms. The third-order valence-electron chi connectivity index (χ3n) is 8.04. The SMILES string of the molecule is CS(=O)(=O)Nc1ccc2c(c1)S(=O)(=O)C=C(C1=C(O)C3C([C@@H]4CC[C@H]3C4)N(Cc3ccc(F)cc3)C1)N2. The molecule has 0 aromatic heterocycles. The number of anilines is 2. The lowest BCUT2D eigenvalue weighted by molar-refractivity contribution is 0.0704. The quantitative estimate of drug-likeness (QED) is 0.521. The summed E-state index contributed by atoms with van der Waals surface area (Å²) in [5, 5.41) is 15.8.